The summed E-state index contributed by atoms with van der Waals surface area (Å²) in [6.45, 7) is 0. The zero-order valence-electron chi connectivity index (χ0n) is 12.7. The second-order valence-electron chi connectivity index (χ2n) is 4.67. The Morgan fingerprint density at radius 3 is 2.28 bits per heavy atom. The standard InChI is InChI=1S/C15H11Cl2N3O5/c1-25-13-5-2-8(16)6-12(13)19-15(22)14(21)18-11-7-9(20(23)24)3-4-10(11)17/h2-7H,1H3,(H,18,21)(H,19,22). The summed E-state index contributed by atoms with van der Waals surface area (Å²) in [6, 6.07) is 7.95. The van der Waals surface area contributed by atoms with Crippen molar-refractivity contribution in [2.75, 3.05) is 17.7 Å². The molecule has 2 amide bonds. The predicted octanol–water partition coefficient (Wildman–Crippen LogP) is 3.49. The number of amides is 2. The van der Waals surface area contributed by atoms with Crippen molar-refractivity contribution in [2.24, 2.45) is 0 Å². The number of non-ortho nitro benzene ring substituents is 1. The first-order chi connectivity index (χ1) is 11.8. The van der Waals surface area contributed by atoms with E-state index in [1.54, 1.807) is 6.07 Å². The Morgan fingerprint density at radius 2 is 1.68 bits per heavy atom. The van der Waals surface area contributed by atoms with Crippen molar-refractivity contribution in [3.8, 4) is 5.75 Å². The van der Waals surface area contributed by atoms with E-state index in [1.165, 1.54) is 31.4 Å². The van der Waals surface area contributed by atoms with E-state index < -0.39 is 16.7 Å². The monoisotopic (exact) mass is 383 g/mol. The summed E-state index contributed by atoms with van der Waals surface area (Å²) in [5.41, 5.74) is -0.147. The summed E-state index contributed by atoms with van der Waals surface area (Å²) in [6.07, 6.45) is 0. The number of anilines is 2. The van der Waals surface area contributed by atoms with Crippen LogP contribution >= 0.6 is 23.2 Å². The summed E-state index contributed by atoms with van der Waals surface area (Å²) in [5.74, 6) is -1.79. The van der Waals surface area contributed by atoms with Gasteiger partial charge in [-0.05, 0) is 24.3 Å². The van der Waals surface area contributed by atoms with Gasteiger partial charge in [0.1, 0.15) is 5.75 Å². The zero-order chi connectivity index (χ0) is 18.6. The van der Waals surface area contributed by atoms with Crippen molar-refractivity contribution in [1.82, 2.24) is 0 Å². The number of ether oxygens (including phenoxy) is 1. The van der Waals surface area contributed by atoms with Crippen LogP contribution in [0.3, 0.4) is 0 Å². The summed E-state index contributed by atoms with van der Waals surface area (Å²) >= 11 is 11.7. The molecule has 0 spiro atoms. The molecule has 0 aromatic heterocycles. The SMILES string of the molecule is COc1ccc(Cl)cc1NC(=O)C(=O)Nc1cc([N+](=O)[O-])ccc1Cl. The third-order valence-corrected chi connectivity index (χ3v) is 3.59. The lowest BCUT2D eigenvalue weighted by Gasteiger charge is -2.11. The van der Waals surface area contributed by atoms with Gasteiger partial charge in [0.05, 0.1) is 28.4 Å². The second-order valence-corrected chi connectivity index (χ2v) is 5.52. The second kappa shape index (κ2) is 7.82. The number of carbonyl (C=O) groups excluding carboxylic acids is 2. The van der Waals surface area contributed by atoms with Gasteiger partial charge in [0, 0.05) is 17.2 Å². The Balaban J connectivity index is 2.16. The maximum atomic E-state index is 12.0. The average molecular weight is 384 g/mol. The number of hydrogen-bond acceptors (Lipinski definition) is 5. The van der Waals surface area contributed by atoms with Gasteiger partial charge >= 0.3 is 11.8 Å². The summed E-state index contributed by atoms with van der Waals surface area (Å²) in [4.78, 5) is 34.2. The van der Waals surface area contributed by atoms with Crippen molar-refractivity contribution in [1.29, 1.82) is 0 Å². The number of hydrogen-bond donors (Lipinski definition) is 2. The maximum Gasteiger partial charge on any atom is 0.314 e. The van der Waals surface area contributed by atoms with Crippen LogP contribution in [0.4, 0.5) is 17.1 Å². The molecule has 2 N–H and O–H groups in total. The van der Waals surface area contributed by atoms with E-state index in [2.05, 4.69) is 10.6 Å². The van der Waals surface area contributed by atoms with Crippen LogP contribution in [0.2, 0.25) is 10.0 Å². The molecule has 130 valence electrons. The number of methoxy groups -OCH3 is 1. The fraction of sp³-hybridized carbons (Fsp3) is 0.0667. The first-order valence-corrected chi connectivity index (χ1v) is 7.47. The van der Waals surface area contributed by atoms with Crippen molar-refractivity contribution in [3.05, 3.63) is 56.6 Å². The predicted molar refractivity (Wildman–Crippen MR) is 93.4 cm³/mol. The van der Waals surface area contributed by atoms with E-state index in [1.807, 2.05) is 0 Å². The molecule has 2 rings (SSSR count). The molecule has 0 aliphatic heterocycles. The highest BCUT2D eigenvalue weighted by atomic mass is 35.5. The molecule has 0 aliphatic rings. The van der Waals surface area contributed by atoms with Crippen LogP contribution < -0.4 is 15.4 Å². The van der Waals surface area contributed by atoms with Crippen LogP contribution in [0.1, 0.15) is 0 Å². The first kappa shape index (κ1) is 18.5. The topological polar surface area (TPSA) is 111 Å². The van der Waals surface area contributed by atoms with Crippen molar-refractivity contribution in [2.45, 2.75) is 0 Å². The molecule has 0 saturated heterocycles. The number of rotatable bonds is 4. The van der Waals surface area contributed by atoms with Crippen LogP contribution in [-0.4, -0.2) is 23.8 Å². The molecule has 0 heterocycles. The smallest absolute Gasteiger partial charge is 0.314 e. The summed E-state index contributed by atoms with van der Waals surface area (Å²) < 4.78 is 5.06. The molecule has 2 aromatic rings. The van der Waals surface area contributed by atoms with Crippen molar-refractivity contribution in [3.63, 3.8) is 0 Å². The third kappa shape index (κ3) is 4.59. The van der Waals surface area contributed by atoms with Gasteiger partial charge in [-0.2, -0.15) is 0 Å². The Hall–Kier alpha value is -2.84. The maximum absolute atomic E-state index is 12.0. The molecule has 0 radical (unpaired) electrons. The van der Waals surface area contributed by atoms with E-state index in [-0.39, 0.29) is 22.1 Å². The van der Waals surface area contributed by atoms with Crippen LogP contribution in [-0.2, 0) is 9.59 Å². The van der Waals surface area contributed by atoms with Gasteiger partial charge < -0.3 is 15.4 Å². The molecule has 0 saturated carbocycles. The highest BCUT2D eigenvalue weighted by Crippen LogP contribution is 2.28. The minimum atomic E-state index is -1.07. The lowest BCUT2D eigenvalue weighted by atomic mass is 10.2. The molecular weight excluding hydrogens is 373 g/mol. The molecule has 2 aromatic carbocycles. The lowest BCUT2D eigenvalue weighted by molar-refractivity contribution is -0.384. The van der Waals surface area contributed by atoms with Crippen LogP contribution in [0.15, 0.2) is 36.4 Å². The molecular formula is C15H11Cl2N3O5. The van der Waals surface area contributed by atoms with E-state index in [4.69, 9.17) is 27.9 Å². The molecule has 25 heavy (non-hydrogen) atoms. The number of nitro benzene ring substituents is 1. The van der Waals surface area contributed by atoms with Crippen molar-refractivity contribution < 1.29 is 19.2 Å². The molecule has 0 unspecified atom stereocenters. The molecule has 0 aliphatic carbocycles. The fourth-order valence-electron chi connectivity index (χ4n) is 1.86. The summed E-state index contributed by atoms with van der Waals surface area (Å²) in [5, 5.41) is 15.7. The normalized spacial score (nSPS) is 10.0. The minimum absolute atomic E-state index is 0.0482. The van der Waals surface area contributed by atoms with E-state index in [0.29, 0.717) is 10.8 Å². The van der Waals surface area contributed by atoms with Gasteiger partial charge in [0.25, 0.3) is 5.69 Å². The van der Waals surface area contributed by atoms with Gasteiger partial charge in [-0.25, -0.2) is 0 Å². The number of carbonyl (C=O) groups is 2. The Bertz CT molecular complexity index is 857. The highest BCUT2D eigenvalue weighted by Gasteiger charge is 2.19. The van der Waals surface area contributed by atoms with Gasteiger partial charge in [-0.3, -0.25) is 19.7 Å². The average Bonchev–Trinajstić information content (AvgIpc) is 2.56. The third-order valence-electron chi connectivity index (χ3n) is 3.02. The molecule has 10 heteroatoms. The molecule has 0 bridgehead atoms. The van der Waals surface area contributed by atoms with Gasteiger partial charge in [0.15, 0.2) is 0 Å². The Labute approximate surface area is 151 Å². The number of halogens is 2. The molecule has 0 atom stereocenters. The minimum Gasteiger partial charge on any atom is -0.495 e. The van der Waals surface area contributed by atoms with Crippen molar-refractivity contribution >= 4 is 52.1 Å². The Kier molecular flexibility index (Phi) is 5.79. The number of benzene rings is 2. The van der Waals surface area contributed by atoms with E-state index >= 15 is 0 Å². The van der Waals surface area contributed by atoms with Gasteiger partial charge in [-0.15, -0.1) is 0 Å². The number of nitrogens with zero attached hydrogens (tertiary/aromatic N) is 1. The molecule has 0 fully saturated rings. The Morgan fingerprint density at radius 1 is 1.04 bits per heavy atom. The number of nitrogens with one attached hydrogen (secondary N) is 2. The highest BCUT2D eigenvalue weighted by molar-refractivity contribution is 6.45. The zero-order valence-corrected chi connectivity index (χ0v) is 14.2. The fourth-order valence-corrected chi connectivity index (χ4v) is 2.20. The lowest BCUT2D eigenvalue weighted by Crippen LogP contribution is -2.29. The van der Waals surface area contributed by atoms with E-state index in [9.17, 15) is 19.7 Å². The molecule has 8 nitrogen and oxygen atoms in total. The first-order valence-electron chi connectivity index (χ1n) is 6.71. The quantitative estimate of drug-likeness (QED) is 0.476. The largest absolute Gasteiger partial charge is 0.495 e. The van der Waals surface area contributed by atoms with Crippen LogP contribution in [0, 0.1) is 10.1 Å². The van der Waals surface area contributed by atoms with Gasteiger partial charge in [0.2, 0.25) is 0 Å². The van der Waals surface area contributed by atoms with Gasteiger partial charge in [-0.1, -0.05) is 23.2 Å². The number of nitro groups is 1. The summed E-state index contributed by atoms with van der Waals surface area (Å²) in [7, 11) is 1.39. The van der Waals surface area contributed by atoms with Crippen LogP contribution in [0.25, 0.3) is 0 Å². The van der Waals surface area contributed by atoms with Crippen LogP contribution in [0.5, 0.6) is 5.75 Å². The van der Waals surface area contributed by atoms with E-state index in [0.717, 1.165) is 6.07 Å².